The van der Waals surface area contributed by atoms with E-state index in [1.54, 1.807) is 34.9 Å². The molecule has 10 heteroatoms. The molecular formula is C23H23N5O3S2. The number of fused-ring (bicyclic) bond motifs is 2. The third-order valence-electron chi connectivity index (χ3n) is 5.54. The quantitative estimate of drug-likeness (QED) is 0.451. The van der Waals surface area contributed by atoms with Gasteiger partial charge >= 0.3 is 6.09 Å². The first-order valence-electron chi connectivity index (χ1n) is 10.7. The van der Waals surface area contributed by atoms with Crippen LogP contribution in [0.4, 0.5) is 9.80 Å². The van der Waals surface area contributed by atoms with Crippen molar-refractivity contribution in [1.29, 1.82) is 0 Å². The van der Waals surface area contributed by atoms with Gasteiger partial charge in [-0.2, -0.15) is 5.10 Å². The van der Waals surface area contributed by atoms with Crippen molar-refractivity contribution in [1.82, 2.24) is 19.7 Å². The summed E-state index contributed by atoms with van der Waals surface area (Å²) in [5.41, 5.74) is 4.21. The number of anilines is 1. The molecule has 0 unspecified atom stereocenters. The first kappa shape index (κ1) is 21.6. The van der Waals surface area contributed by atoms with Crippen LogP contribution in [0, 0.1) is 6.92 Å². The topological polar surface area (TPSA) is 89.4 Å². The van der Waals surface area contributed by atoms with Crippen LogP contribution in [0.1, 0.15) is 33.4 Å². The molecule has 0 saturated heterocycles. The molecule has 170 valence electrons. The standard InChI is InChI=1S/C23H23N5O3S2/c1-4-31-23(30)28-10-9-14-17(12-28)33-22(25-20(29)19-13(2)11-27(3)26-19)18(14)21-24-15-7-5-6-8-16(15)32-21/h5-8,11H,4,9-10,12H2,1-3H3,(H,25,29). The molecule has 0 saturated carbocycles. The lowest BCUT2D eigenvalue weighted by molar-refractivity contribution is 0.101. The Morgan fingerprint density at radius 2 is 2.06 bits per heavy atom. The molecule has 3 aromatic heterocycles. The van der Waals surface area contributed by atoms with Crippen molar-refractivity contribution >= 4 is 49.9 Å². The van der Waals surface area contributed by atoms with Crippen LogP contribution in [-0.2, 0) is 24.8 Å². The Bertz CT molecular complexity index is 1340. The maximum atomic E-state index is 13.1. The van der Waals surface area contributed by atoms with Gasteiger partial charge in [0.25, 0.3) is 5.91 Å². The highest BCUT2D eigenvalue weighted by Gasteiger charge is 2.30. The summed E-state index contributed by atoms with van der Waals surface area (Å²) in [5, 5.41) is 9.00. The van der Waals surface area contributed by atoms with Gasteiger partial charge in [0.05, 0.1) is 23.4 Å². The Hall–Kier alpha value is -3.24. The molecule has 33 heavy (non-hydrogen) atoms. The number of amides is 2. The van der Waals surface area contributed by atoms with Crippen molar-refractivity contribution in [3.63, 3.8) is 0 Å². The number of aromatic nitrogens is 3. The van der Waals surface area contributed by atoms with E-state index in [1.165, 1.54) is 11.3 Å². The number of para-hydroxylation sites is 1. The highest BCUT2D eigenvalue weighted by molar-refractivity contribution is 7.23. The van der Waals surface area contributed by atoms with Crippen molar-refractivity contribution in [3.8, 4) is 10.6 Å². The summed E-state index contributed by atoms with van der Waals surface area (Å²) in [4.78, 5) is 33.0. The number of nitrogens with zero attached hydrogens (tertiary/aromatic N) is 4. The normalized spacial score (nSPS) is 13.2. The highest BCUT2D eigenvalue weighted by Crippen LogP contribution is 2.45. The lowest BCUT2D eigenvalue weighted by atomic mass is 10.0. The fourth-order valence-corrected chi connectivity index (χ4v) is 6.43. The lowest BCUT2D eigenvalue weighted by Crippen LogP contribution is -2.35. The number of aryl methyl sites for hydroxylation is 2. The molecule has 4 aromatic rings. The van der Waals surface area contributed by atoms with E-state index in [1.807, 2.05) is 37.4 Å². The van der Waals surface area contributed by atoms with Gasteiger partial charge in [0.1, 0.15) is 10.0 Å². The Balaban J connectivity index is 1.56. The zero-order chi connectivity index (χ0) is 23.1. The summed E-state index contributed by atoms with van der Waals surface area (Å²) >= 11 is 3.10. The Morgan fingerprint density at radius 1 is 1.24 bits per heavy atom. The fourth-order valence-electron chi connectivity index (χ4n) is 4.06. The molecule has 0 spiro atoms. The van der Waals surface area contributed by atoms with Crippen LogP contribution < -0.4 is 5.32 Å². The maximum absolute atomic E-state index is 13.1. The second-order valence-corrected chi connectivity index (χ2v) is 9.99. The van der Waals surface area contributed by atoms with E-state index in [4.69, 9.17) is 9.72 Å². The van der Waals surface area contributed by atoms with Gasteiger partial charge in [-0.15, -0.1) is 22.7 Å². The van der Waals surface area contributed by atoms with Crippen molar-refractivity contribution in [2.75, 3.05) is 18.5 Å². The van der Waals surface area contributed by atoms with E-state index >= 15 is 0 Å². The van der Waals surface area contributed by atoms with Gasteiger partial charge in [-0.1, -0.05) is 12.1 Å². The van der Waals surface area contributed by atoms with Gasteiger partial charge in [0.2, 0.25) is 0 Å². The third-order valence-corrected chi connectivity index (χ3v) is 7.73. The molecule has 8 nitrogen and oxygen atoms in total. The van der Waals surface area contributed by atoms with Gasteiger partial charge < -0.3 is 15.0 Å². The van der Waals surface area contributed by atoms with E-state index in [-0.39, 0.29) is 12.0 Å². The average molecular weight is 482 g/mol. The molecule has 0 fully saturated rings. The molecule has 0 radical (unpaired) electrons. The minimum absolute atomic E-state index is 0.253. The number of nitrogens with one attached hydrogen (secondary N) is 1. The molecule has 0 aliphatic carbocycles. The van der Waals surface area contributed by atoms with Crippen LogP contribution in [0.3, 0.4) is 0 Å². The minimum Gasteiger partial charge on any atom is -0.450 e. The predicted octanol–water partition coefficient (Wildman–Crippen LogP) is 4.83. The Morgan fingerprint density at radius 3 is 2.79 bits per heavy atom. The van der Waals surface area contributed by atoms with E-state index in [0.29, 0.717) is 31.8 Å². The van der Waals surface area contributed by atoms with Crippen LogP contribution in [-0.4, -0.2) is 44.8 Å². The van der Waals surface area contributed by atoms with E-state index in [0.717, 1.165) is 41.8 Å². The first-order chi connectivity index (χ1) is 15.9. The molecule has 2 amide bonds. The number of ether oxygens (including phenoxy) is 1. The number of carbonyl (C=O) groups is 2. The van der Waals surface area contributed by atoms with Crippen molar-refractivity contribution < 1.29 is 14.3 Å². The number of benzene rings is 1. The molecule has 1 aromatic carbocycles. The van der Waals surface area contributed by atoms with Gasteiger partial charge in [-0.05, 0) is 38.0 Å². The van der Waals surface area contributed by atoms with Crippen LogP contribution in [0.15, 0.2) is 30.5 Å². The zero-order valence-electron chi connectivity index (χ0n) is 18.5. The SMILES string of the molecule is CCOC(=O)N1CCc2c(sc(NC(=O)c3nn(C)cc3C)c2-c2nc3ccccc3s2)C1. The summed E-state index contributed by atoms with van der Waals surface area (Å²) in [7, 11) is 1.80. The van der Waals surface area contributed by atoms with Crippen LogP contribution in [0.5, 0.6) is 0 Å². The number of hydrogen-bond acceptors (Lipinski definition) is 7. The van der Waals surface area contributed by atoms with E-state index in [9.17, 15) is 9.59 Å². The van der Waals surface area contributed by atoms with Gasteiger partial charge in [-0.25, -0.2) is 9.78 Å². The van der Waals surface area contributed by atoms with E-state index in [2.05, 4.69) is 10.4 Å². The zero-order valence-corrected chi connectivity index (χ0v) is 20.2. The molecule has 5 rings (SSSR count). The third kappa shape index (κ3) is 4.00. The number of carbonyl (C=O) groups excluding carboxylic acids is 2. The minimum atomic E-state index is -0.312. The largest absolute Gasteiger partial charge is 0.450 e. The number of thiazole rings is 1. The molecule has 0 atom stereocenters. The molecule has 1 aliphatic heterocycles. The number of rotatable bonds is 4. The number of hydrogen-bond donors (Lipinski definition) is 1. The summed E-state index contributed by atoms with van der Waals surface area (Å²) in [5.74, 6) is -0.253. The first-order valence-corrected chi connectivity index (χ1v) is 12.3. The second kappa shape index (κ2) is 8.60. The Labute approximate surface area is 198 Å². The van der Waals surface area contributed by atoms with Crippen molar-refractivity contribution in [3.05, 3.63) is 52.2 Å². The lowest BCUT2D eigenvalue weighted by Gasteiger charge is -2.26. The summed E-state index contributed by atoms with van der Waals surface area (Å²) in [6, 6.07) is 8.01. The molecule has 1 aliphatic rings. The predicted molar refractivity (Wildman–Crippen MR) is 130 cm³/mol. The van der Waals surface area contributed by atoms with Crippen molar-refractivity contribution in [2.24, 2.45) is 7.05 Å². The second-order valence-electron chi connectivity index (χ2n) is 7.85. The summed E-state index contributed by atoms with van der Waals surface area (Å²) in [6.07, 6.45) is 2.18. The maximum Gasteiger partial charge on any atom is 0.410 e. The fraction of sp³-hybridized carbons (Fsp3) is 0.304. The summed E-state index contributed by atoms with van der Waals surface area (Å²) < 4.78 is 7.92. The average Bonchev–Trinajstić information content (AvgIpc) is 3.46. The highest BCUT2D eigenvalue weighted by atomic mass is 32.1. The monoisotopic (exact) mass is 481 g/mol. The van der Waals surface area contributed by atoms with Gasteiger partial charge in [0.15, 0.2) is 5.69 Å². The molecule has 4 heterocycles. The van der Waals surface area contributed by atoms with Crippen LogP contribution in [0.25, 0.3) is 20.8 Å². The Kier molecular flexibility index (Phi) is 5.63. The number of thiophene rings is 1. The van der Waals surface area contributed by atoms with Gasteiger partial charge in [-0.3, -0.25) is 9.48 Å². The van der Waals surface area contributed by atoms with Crippen LogP contribution >= 0.6 is 22.7 Å². The molecular weight excluding hydrogens is 458 g/mol. The summed E-state index contributed by atoms with van der Waals surface area (Å²) in [6.45, 7) is 5.03. The van der Waals surface area contributed by atoms with E-state index < -0.39 is 0 Å². The smallest absolute Gasteiger partial charge is 0.410 e. The van der Waals surface area contributed by atoms with Gasteiger partial charge in [0, 0.05) is 35.8 Å². The van der Waals surface area contributed by atoms with Crippen LogP contribution in [0.2, 0.25) is 0 Å². The molecule has 1 N–H and O–H groups in total. The molecule has 0 bridgehead atoms. The van der Waals surface area contributed by atoms with Crippen molar-refractivity contribution in [2.45, 2.75) is 26.8 Å².